The summed E-state index contributed by atoms with van der Waals surface area (Å²) in [6, 6.07) is 23.9. The Kier molecular flexibility index (Phi) is 6.81. The van der Waals surface area contributed by atoms with Crippen LogP contribution in [0.5, 0.6) is 5.75 Å². The topological polar surface area (TPSA) is 62.4 Å². The van der Waals surface area contributed by atoms with Gasteiger partial charge in [0, 0.05) is 17.4 Å². The standard InChI is InChI=1S/C23H23N3O2S/c1-16-9-6-7-14-20(16)25-22(27)21(17-10-4-3-5-11-17)26-23(29)24-18-12-8-13-19(15-18)28-2/h3-15,21H,1-2H3,(H,25,27)(H2,24,26,29). The second kappa shape index (κ2) is 9.71. The minimum Gasteiger partial charge on any atom is -0.497 e. The quantitative estimate of drug-likeness (QED) is 0.520. The molecule has 29 heavy (non-hydrogen) atoms. The molecule has 5 nitrogen and oxygen atoms in total. The number of hydrogen-bond donors (Lipinski definition) is 3. The van der Waals surface area contributed by atoms with Crippen LogP contribution in [0.25, 0.3) is 0 Å². The second-order valence-corrected chi connectivity index (χ2v) is 6.89. The monoisotopic (exact) mass is 405 g/mol. The summed E-state index contributed by atoms with van der Waals surface area (Å²) in [6.45, 7) is 1.95. The molecule has 3 aromatic carbocycles. The fourth-order valence-electron chi connectivity index (χ4n) is 2.86. The highest BCUT2D eigenvalue weighted by Crippen LogP contribution is 2.20. The van der Waals surface area contributed by atoms with Gasteiger partial charge < -0.3 is 20.7 Å². The zero-order valence-electron chi connectivity index (χ0n) is 16.3. The SMILES string of the molecule is COc1cccc(NC(=S)NC(C(=O)Nc2ccccc2C)c2ccccc2)c1. The van der Waals surface area contributed by atoms with Crippen LogP contribution in [0.3, 0.4) is 0 Å². The molecule has 3 N–H and O–H groups in total. The number of thiocarbonyl (C=S) groups is 1. The summed E-state index contributed by atoms with van der Waals surface area (Å²) in [5.74, 6) is 0.523. The van der Waals surface area contributed by atoms with Gasteiger partial charge in [-0.05, 0) is 48.5 Å². The van der Waals surface area contributed by atoms with Gasteiger partial charge in [-0.25, -0.2) is 0 Å². The van der Waals surface area contributed by atoms with Gasteiger partial charge in [0.15, 0.2) is 5.11 Å². The van der Waals surface area contributed by atoms with Crippen LogP contribution < -0.4 is 20.7 Å². The molecule has 1 unspecified atom stereocenters. The first-order valence-corrected chi connectivity index (χ1v) is 9.60. The van der Waals surface area contributed by atoms with Crippen molar-refractivity contribution in [3.63, 3.8) is 0 Å². The van der Waals surface area contributed by atoms with Crippen LogP contribution in [0.2, 0.25) is 0 Å². The van der Waals surface area contributed by atoms with Crippen LogP contribution in [0.1, 0.15) is 17.2 Å². The molecular formula is C23H23N3O2S. The molecule has 0 aromatic heterocycles. The van der Waals surface area contributed by atoms with Crippen molar-refractivity contribution >= 4 is 34.6 Å². The number of methoxy groups -OCH3 is 1. The van der Waals surface area contributed by atoms with Crippen molar-refractivity contribution in [2.75, 3.05) is 17.7 Å². The molecule has 1 atom stereocenters. The molecule has 3 rings (SSSR count). The fourth-order valence-corrected chi connectivity index (χ4v) is 3.10. The summed E-state index contributed by atoms with van der Waals surface area (Å²) in [4.78, 5) is 13.1. The molecule has 3 aromatic rings. The Morgan fingerprint density at radius 2 is 1.66 bits per heavy atom. The zero-order chi connectivity index (χ0) is 20.6. The van der Waals surface area contributed by atoms with E-state index >= 15 is 0 Å². The van der Waals surface area contributed by atoms with Crippen molar-refractivity contribution in [2.45, 2.75) is 13.0 Å². The number of nitrogens with one attached hydrogen (secondary N) is 3. The maximum atomic E-state index is 13.1. The van der Waals surface area contributed by atoms with Crippen LogP contribution in [-0.2, 0) is 4.79 Å². The number of hydrogen-bond acceptors (Lipinski definition) is 3. The number of rotatable bonds is 6. The van der Waals surface area contributed by atoms with Crippen molar-refractivity contribution in [3.8, 4) is 5.75 Å². The zero-order valence-corrected chi connectivity index (χ0v) is 17.1. The lowest BCUT2D eigenvalue weighted by Gasteiger charge is -2.21. The Balaban J connectivity index is 1.77. The van der Waals surface area contributed by atoms with Gasteiger partial charge in [0.25, 0.3) is 5.91 Å². The molecule has 0 saturated heterocycles. The highest BCUT2D eigenvalue weighted by atomic mass is 32.1. The van der Waals surface area contributed by atoms with Gasteiger partial charge in [0.1, 0.15) is 11.8 Å². The summed E-state index contributed by atoms with van der Waals surface area (Å²) in [5.41, 5.74) is 3.35. The maximum Gasteiger partial charge on any atom is 0.251 e. The van der Waals surface area contributed by atoms with Crippen molar-refractivity contribution < 1.29 is 9.53 Å². The highest BCUT2D eigenvalue weighted by molar-refractivity contribution is 7.80. The molecule has 6 heteroatoms. The Morgan fingerprint density at radius 3 is 2.38 bits per heavy atom. The number of amides is 1. The van der Waals surface area contributed by atoms with E-state index in [-0.39, 0.29) is 5.91 Å². The number of benzene rings is 3. The van der Waals surface area contributed by atoms with E-state index in [4.69, 9.17) is 17.0 Å². The molecule has 0 heterocycles. The van der Waals surface area contributed by atoms with Gasteiger partial charge >= 0.3 is 0 Å². The Hall–Kier alpha value is -3.38. The van der Waals surface area contributed by atoms with Crippen LogP contribution in [0.4, 0.5) is 11.4 Å². The van der Waals surface area contributed by atoms with Crippen molar-refractivity contribution in [3.05, 3.63) is 90.0 Å². The number of anilines is 2. The van der Waals surface area contributed by atoms with Crippen molar-refractivity contribution in [1.29, 1.82) is 0 Å². The average molecular weight is 406 g/mol. The Morgan fingerprint density at radius 1 is 0.931 bits per heavy atom. The van der Waals surface area contributed by atoms with Gasteiger partial charge in [-0.3, -0.25) is 4.79 Å². The summed E-state index contributed by atoms with van der Waals surface area (Å²) >= 11 is 5.46. The third kappa shape index (κ3) is 5.56. The van der Waals surface area contributed by atoms with Crippen molar-refractivity contribution in [2.24, 2.45) is 0 Å². The van der Waals surface area contributed by atoms with Crippen LogP contribution >= 0.6 is 12.2 Å². The summed E-state index contributed by atoms with van der Waals surface area (Å²) in [6.07, 6.45) is 0. The van der Waals surface area contributed by atoms with Crippen LogP contribution in [0.15, 0.2) is 78.9 Å². The molecule has 0 aliphatic rings. The second-order valence-electron chi connectivity index (χ2n) is 6.48. The number of aryl methyl sites for hydroxylation is 1. The van der Waals surface area contributed by atoms with Crippen LogP contribution in [0, 0.1) is 6.92 Å². The Labute approximate surface area is 176 Å². The van der Waals surface area contributed by atoms with Gasteiger partial charge in [-0.1, -0.05) is 54.6 Å². The summed E-state index contributed by atoms with van der Waals surface area (Å²) in [7, 11) is 1.61. The van der Waals surface area contributed by atoms with E-state index in [9.17, 15) is 4.79 Å². The van der Waals surface area contributed by atoms with Crippen LogP contribution in [-0.4, -0.2) is 18.1 Å². The third-order valence-corrected chi connectivity index (χ3v) is 4.62. The lowest BCUT2D eigenvalue weighted by atomic mass is 10.1. The molecule has 0 bridgehead atoms. The molecular weight excluding hydrogens is 382 g/mol. The fraction of sp³-hybridized carbons (Fsp3) is 0.130. The van der Waals surface area contributed by atoms with E-state index in [1.54, 1.807) is 7.11 Å². The maximum absolute atomic E-state index is 13.1. The number of ether oxygens (including phenoxy) is 1. The third-order valence-electron chi connectivity index (χ3n) is 4.40. The lowest BCUT2D eigenvalue weighted by Crippen LogP contribution is -2.39. The molecule has 0 radical (unpaired) electrons. The predicted octanol–water partition coefficient (Wildman–Crippen LogP) is 4.67. The van der Waals surface area contributed by atoms with E-state index in [1.807, 2.05) is 85.8 Å². The largest absolute Gasteiger partial charge is 0.497 e. The van der Waals surface area contributed by atoms with E-state index < -0.39 is 6.04 Å². The van der Waals surface area contributed by atoms with E-state index in [0.29, 0.717) is 5.11 Å². The Bertz CT molecular complexity index is 992. The van der Waals surface area contributed by atoms with E-state index in [0.717, 1.165) is 28.3 Å². The van der Waals surface area contributed by atoms with E-state index in [1.165, 1.54) is 0 Å². The van der Waals surface area contributed by atoms with E-state index in [2.05, 4.69) is 16.0 Å². The molecule has 0 aliphatic heterocycles. The first-order chi connectivity index (χ1) is 14.1. The van der Waals surface area contributed by atoms with Gasteiger partial charge in [0.2, 0.25) is 0 Å². The minimum atomic E-state index is -0.651. The first kappa shape index (κ1) is 20.4. The normalized spacial score (nSPS) is 11.2. The number of para-hydroxylation sites is 1. The van der Waals surface area contributed by atoms with Gasteiger partial charge in [-0.15, -0.1) is 0 Å². The number of carbonyl (C=O) groups is 1. The molecule has 0 spiro atoms. The summed E-state index contributed by atoms with van der Waals surface area (Å²) in [5, 5.41) is 9.56. The molecule has 0 saturated carbocycles. The van der Waals surface area contributed by atoms with Gasteiger partial charge in [0.05, 0.1) is 7.11 Å². The highest BCUT2D eigenvalue weighted by Gasteiger charge is 2.22. The molecule has 148 valence electrons. The van der Waals surface area contributed by atoms with Crippen molar-refractivity contribution in [1.82, 2.24) is 5.32 Å². The summed E-state index contributed by atoms with van der Waals surface area (Å²) < 4.78 is 5.23. The van der Waals surface area contributed by atoms with Gasteiger partial charge in [-0.2, -0.15) is 0 Å². The smallest absolute Gasteiger partial charge is 0.251 e. The average Bonchev–Trinajstić information content (AvgIpc) is 2.74. The molecule has 0 aliphatic carbocycles. The molecule has 0 fully saturated rings. The predicted molar refractivity (Wildman–Crippen MR) is 121 cm³/mol. The minimum absolute atomic E-state index is 0.194. The molecule has 1 amide bonds. The first-order valence-electron chi connectivity index (χ1n) is 9.20. The lowest BCUT2D eigenvalue weighted by molar-refractivity contribution is -0.117. The number of carbonyl (C=O) groups excluding carboxylic acids is 1.